The van der Waals surface area contributed by atoms with Gasteiger partial charge in [0.2, 0.25) is 6.29 Å². The Kier molecular flexibility index (Phi) is 8.22. The highest BCUT2D eigenvalue weighted by Gasteiger charge is 2.00. The fourth-order valence-corrected chi connectivity index (χ4v) is 0.215. The van der Waals surface area contributed by atoms with Gasteiger partial charge in [-0.25, -0.2) is 9.36 Å². The first kappa shape index (κ1) is 15.5. The van der Waals surface area contributed by atoms with E-state index in [9.17, 15) is 4.79 Å². The Bertz CT molecular complexity index is 234. The second-order valence-corrected chi connectivity index (χ2v) is 2.81. The maximum Gasteiger partial charge on any atom is 0.466 e. The summed E-state index contributed by atoms with van der Waals surface area (Å²) in [6, 6.07) is 0. The zero-order chi connectivity index (χ0) is 11.8. The van der Waals surface area contributed by atoms with Crippen LogP contribution in [0.25, 0.3) is 0 Å². The van der Waals surface area contributed by atoms with Gasteiger partial charge in [0.15, 0.2) is 0 Å². The van der Waals surface area contributed by atoms with E-state index in [2.05, 4.69) is 17.9 Å². The third-order valence-corrected chi connectivity index (χ3v) is 0.605. The van der Waals surface area contributed by atoms with E-state index in [0.29, 0.717) is 0 Å². The number of carbonyl (C=O) groups is 1. The van der Waals surface area contributed by atoms with Crippen LogP contribution >= 0.6 is 7.82 Å². The molecule has 0 amide bonds. The van der Waals surface area contributed by atoms with Gasteiger partial charge in [0.05, 0.1) is 0 Å². The van der Waals surface area contributed by atoms with Crippen molar-refractivity contribution in [1.82, 2.24) is 0 Å². The van der Waals surface area contributed by atoms with Crippen LogP contribution in [0.1, 0.15) is 0 Å². The number of hydrogen-bond acceptors (Lipinski definition) is 4. The summed E-state index contributed by atoms with van der Waals surface area (Å²) in [6.07, 6.45) is 0.837. The van der Waals surface area contributed by atoms with Crippen LogP contribution in [-0.4, -0.2) is 32.0 Å². The molecule has 0 saturated carbocycles. The predicted octanol–water partition coefficient (Wildman–Crippen LogP) is -0.709. The van der Waals surface area contributed by atoms with Gasteiger partial charge < -0.3 is 24.5 Å². The fourth-order valence-electron chi connectivity index (χ4n) is 0.215. The van der Waals surface area contributed by atoms with E-state index in [1.54, 1.807) is 0 Å². The highest BCUT2D eigenvalue weighted by Crippen LogP contribution is 2.25. The van der Waals surface area contributed by atoms with Crippen LogP contribution in [0.5, 0.6) is 0 Å². The minimum atomic E-state index is -4.64. The average molecular weight is 226 g/mol. The van der Waals surface area contributed by atoms with Crippen molar-refractivity contribution in [2.45, 2.75) is 6.29 Å². The zero-order valence-corrected chi connectivity index (χ0v) is 8.00. The summed E-state index contributed by atoms with van der Waals surface area (Å²) in [4.78, 5) is 31.8. The molecule has 0 fully saturated rings. The van der Waals surface area contributed by atoms with Crippen molar-refractivity contribution in [3.05, 3.63) is 25.3 Å². The van der Waals surface area contributed by atoms with Gasteiger partial charge >= 0.3 is 13.8 Å². The van der Waals surface area contributed by atoms with E-state index < -0.39 is 20.1 Å². The lowest BCUT2D eigenvalue weighted by molar-refractivity contribution is -0.154. The Labute approximate surface area is 80.2 Å². The molecule has 4 N–H and O–H groups in total. The first-order valence-electron chi connectivity index (χ1n) is 3.12. The second kappa shape index (κ2) is 7.43. The molecule has 0 saturated heterocycles. The van der Waals surface area contributed by atoms with Gasteiger partial charge in [-0.15, -0.1) is 0 Å². The van der Waals surface area contributed by atoms with Crippen LogP contribution in [0.3, 0.4) is 0 Å². The van der Waals surface area contributed by atoms with E-state index in [0.717, 1.165) is 12.2 Å². The maximum atomic E-state index is 10.2. The molecule has 0 aromatic heterocycles. The number of esters is 1. The molecule has 0 aliphatic heterocycles. The third kappa shape index (κ3) is 22.5. The number of ether oxygens (including phenoxy) is 1. The maximum absolute atomic E-state index is 10.2. The Hall–Kier alpha value is -0.980. The molecule has 0 aromatic carbocycles. The zero-order valence-electron chi connectivity index (χ0n) is 7.11. The number of rotatable bonds is 3. The summed E-state index contributed by atoms with van der Waals surface area (Å²) in [7, 11) is -4.64. The molecule has 0 aromatic rings. The molecule has 0 bridgehead atoms. The molecule has 0 radical (unpaired) electrons. The van der Waals surface area contributed by atoms with Gasteiger partial charge in [0.25, 0.3) is 0 Å². The van der Waals surface area contributed by atoms with Crippen molar-refractivity contribution in [2.75, 3.05) is 0 Å². The lowest BCUT2D eigenvalue weighted by Gasteiger charge is -2.02. The lowest BCUT2D eigenvalue weighted by atomic mass is 10.6. The monoisotopic (exact) mass is 226 g/mol. The van der Waals surface area contributed by atoms with Gasteiger partial charge in [0, 0.05) is 6.08 Å². The topological polar surface area (TPSA) is 124 Å². The van der Waals surface area contributed by atoms with Gasteiger partial charge in [-0.1, -0.05) is 13.2 Å². The van der Waals surface area contributed by atoms with Gasteiger partial charge in [0.1, 0.15) is 0 Å². The van der Waals surface area contributed by atoms with Crippen molar-refractivity contribution in [1.29, 1.82) is 0 Å². The van der Waals surface area contributed by atoms with Crippen LogP contribution in [0.4, 0.5) is 0 Å². The Morgan fingerprint density at radius 2 is 1.71 bits per heavy atom. The Morgan fingerprint density at radius 3 is 1.93 bits per heavy atom. The van der Waals surface area contributed by atoms with E-state index in [4.69, 9.17) is 24.4 Å². The van der Waals surface area contributed by atoms with E-state index in [1.165, 1.54) is 0 Å². The van der Waals surface area contributed by atoms with E-state index in [1.807, 2.05) is 0 Å². The summed E-state index contributed by atoms with van der Waals surface area (Å²) in [5.41, 5.74) is 0. The molecule has 8 heteroatoms. The number of aliphatic hydroxyl groups is 1. The normalized spacial score (nSPS) is 11.7. The first-order valence-corrected chi connectivity index (χ1v) is 4.69. The molecule has 1 atom stereocenters. The highest BCUT2D eigenvalue weighted by atomic mass is 31.2. The standard InChI is InChI=1S/C6H8O3.H3O4P/c1-3-5(7)9-6(8)4-2;1-5(2,3)4/h3-5,7H,1-2H2;(H3,1,2,3,4). The minimum absolute atomic E-state index is 0.664. The molecule has 0 heterocycles. The molecule has 0 aliphatic rings. The third-order valence-electron chi connectivity index (χ3n) is 0.605. The summed E-state index contributed by atoms with van der Waals surface area (Å²) < 4.78 is 13.1. The van der Waals surface area contributed by atoms with Crippen molar-refractivity contribution in [2.24, 2.45) is 0 Å². The van der Waals surface area contributed by atoms with Crippen molar-refractivity contribution in [3.8, 4) is 0 Å². The van der Waals surface area contributed by atoms with Gasteiger partial charge in [-0.2, -0.15) is 0 Å². The van der Waals surface area contributed by atoms with E-state index in [-0.39, 0.29) is 0 Å². The van der Waals surface area contributed by atoms with Crippen LogP contribution in [0.2, 0.25) is 0 Å². The summed E-state index contributed by atoms with van der Waals surface area (Å²) in [6.45, 7) is 6.31. The highest BCUT2D eigenvalue weighted by molar-refractivity contribution is 7.45. The molecule has 1 unspecified atom stereocenters. The van der Waals surface area contributed by atoms with Crippen molar-refractivity contribution >= 4 is 13.8 Å². The number of carbonyl (C=O) groups excluding carboxylic acids is 1. The van der Waals surface area contributed by atoms with Crippen LogP contribution < -0.4 is 0 Å². The van der Waals surface area contributed by atoms with Crippen molar-refractivity contribution < 1.29 is 33.9 Å². The quantitative estimate of drug-likeness (QED) is 0.165. The van der Waals surface area contributed by atoms with Gasteiger partial charge in [-0.3, -0.25) is 0 Å². The largest absolute Gasteiger partial charge is 0.466 e. The minimum Gasteiger partial charge on any atom is -0.429 e. The smallest absolute Gasteiger partial charge is 0.429 e. The van der Waals surface area contributed by atoms with Gasteiger partial charge in [-0.05, 0) is 6.08 Å². The Balaban J connectivity index is 0. The summed E-state index contributed by atoms with van der Waals surface area (Å²) >= 11 is 0. The van der Waals surface area contributed by atoms with Crippen LogP contribution in [-0.2, 0) is 14.1 Å². The second-order valence-electron chi connectivity index (χ2n) is 1.78. The molecule has 0 aliphatic carbocycles. The van der Waals surface area contributed by atoms with Crippen molar-refractivity contribution in [3.63, 3.8) is 0 Å². The molecule has 82 valence electrons. The lowest BCUT2D eigenvalue weighted by Crippen LogP contribution is -2.12. The SMILES string of the molecule is C=CC(=O)OC(O)C=C.O=P(O)(O)O. The number of aliphatic hydroxyl groups excluding tert-OH is 1. The van der Waals surface area contributed by atoms with E-state index >= 15 is 0 Å². The molecule has 0 rings (SSSR count). The fraction of sp³-hybridized carbons (Fsp3) is 0.167. The number of hydrogen-bond donors (Lipinski definition) is 4. The first-order chi connectivity index (χ1) is 6.20. The molecule has 14 heavy (non-hydrogen) atoms. The Morgan fingerprint density at radius 1 is 1.36 bits per heavy atom. The predicted molar refractivity (Wildman–Crippen MR) is 46.8 cm³/mol. The van der Waals surface area contributed by atoms with Crippen LogP contribution in [0, 0.1) is 0 Å². The average Bonchev–Trinajstić information content (AvgIpc) is 2.01. The molecule has 0 spiro atoms. The molecular formula is C6H11O7P. The summed E-state index contributed by atoms with van der Waals surface area (Å²) in [5.74, 6) is -0.664. The molecule has 7 nitrogen and oxygen atoms in total. The molecular weight excluding hydrogens is 215 g/mol. The number of phosphoric acid groups is 1. The van der Waals surface area contributed by atoms with Crippen LogP contribution in [0.15, 0.2) is 25.3 Å². The summed E-state index contributed by atoms with van der Waals surface area (Å²) in [5, 5.41) is 8.55.